The number of ether oxygens (including phenoxy) is 2. The molecule has 1 heterocycles. The summed E-state index contributed by atoms with van der Waals surface area (Å²) in [5.41, 5.74) is 1.39. The minimum absolute atomic E-state index is 0.253. The molecule has 0 saturated carbocycles. The van der Waals surface area contributed by atoms with Crippen LogP contribution in [0.15, 0.2) is 58.4 Å². The van der Waals surface area contributed by atoms with Crippen molar-refractivity contribution in [2.45, 2.75) is 13.0 Å². The van der Waals surface area contributed by atoms with Crippen LogP contribution in [0.25, 0.3) is 6.08 Å². The molecule has 0 spiro atoms. The first-order valence-corrected chi connectivity index (χ1v) is 9.19. The Morgan fingerprint density at radius 3 is 2.71 bits per heavy atom. The molecule has 2 aromatic carbocycles. The molecule has 7 nitrogen and oxygen atoms in total. The fourth-order valence-electron chi connectivity index (χ4n) is 2.36. The van der Waals surface area contributed by atoms with Gasteiger partial charge in [0.2, 0.25) is 0 Å². The maximum absolute atomic E-state index is 12.2. The standard InChI is InChI=1S/C20H18N2O5S/c1-12(19(24)25)27-16-8-3-5-13(9-16)10-17-18(23)22-20(28-17)21-14-6-4-7-15(11-14)26-2/h3-12H,1-2H3,(H,24,25)(H,21,22,23)/b17-10+. The molecule has 1 aliphatic rings. The van der Waals surface area contributed by atoms with Crippen LogP contribution < -0.4 is 14.8 Å². The van der Waals surface area contributed by atoms with E-state index in [1.54, 1.807) is 43.5 Å². The first-order chi connectivity index (χ1) is 13.4. The zero-order chi connectivity index (χ0) is 20.1. The van der Waals surface area contributed by atoms with Crippen molar-refractivity contribution in [3.05, 3.63) is 59.0 Å². The molecule has 0 aromatic heterocycles. The van der Waals surface area contributed by atoms with Gasteiger partial charge in [-0.3, -0.25) is 4.79 Å². The van der Waals surface area contributed by atoms with E-state index < -0.39 is 12.1 Å². The van der Waals surface area contributed by atoms with E-state index in [0.29, 0.717) is 27.3 Å². The van der Waals surface area contributed by atoms with Crippen LogP contribution in [0.1, 0.15) is 12.5 Å². The fourth-order valence-corrected chi connectivity index (χ4v) is 3.20. The number of carbonyl (C=O) groups is 2. The molecule has 1 unspecified atom stereocenters. The van der Waals surface area contributed by atoms with E-state index in [2.05, 4.69) is 10.3 Å². The van der Waals surface area contributed by atoms with Crippen LogP contribution >= 0.6 is 11.8 Å². The Morgan fingerprint density at radius 1 is 1.21 bits per heavy atom. The summed E-state index contributed by atoms with van der Waals surface area (Å²) >= 11 is 1.22. The summed E-state index contributed by atoms with van der Waals surface area (Å²) in [4.78, 5) is 28.1. The summed E-state index contributed by atoms with van der Waals surface area (Å²) in [6, 6.07) is 14.1. The smallest absolute Gasteiger partial charge is 0.344 e. The number of rotatable bonds is 6. The van der Waals surface area contributed by atoms with Gasteiger partial charge in [-0.2, -0.15) is 0 Å². The van der Waals surface area contributed by atoms with Gasteiger partial charge in [0.05, 0.1) is 17.7 Å². The van der Waals surface area contributed by atoms with Crippen molar-refractivity contribution < 1.29 is 24.2 Å². The molecule has 8 heteroatoms. The average Bonchev–Trinajstić information content (AvgIpc) is 3.00. The number of amides is 1. The van der Waals surface area contributed by atoms with Gasteiger partial charge in [0.1, 0.15) is 11.5 Å². The number of aliphatic imine (C=N–C) groups is 1. The van der Waals surface area contributed by atoms with E-state index in [4.69, 9.17) is 14.6 Å². The molecule has 3 rings (SSSR count). The minimum atomic E-state index is -1.05. The van der Waals surface area contributed by atoms with Gasteiger partial charge in [0.25, 0.3) is 5.91 Å². The van der Waals surface area contributed by atoms with Gasteiger partial charge in [-0.25, -0.2) is 9.79 Å². The predicted molar refractivity (Wildman–Crippen MR) is 108 cm³/mol. The number of methoxy groups -OCH3 is 1. The molecule has 1 fully saturated rings. The lowest BCUT2D eigenvalue weighted by molar-refractivity contribution is -0.144. The lowest BCUT2D eigenvalue weighted by Crippen LogP contribution is -2.22. The molecular weight excluding hydrogens is 380 g/mol. The van der Waals surface area contributed by atoms with Crippen LogP contribution in [-0.2, 0) is 9.59 Å². The largest absolute Gasteiger partial charge is 0.497 e. The van der Waals surface area contributed by atoms with Crippen molar-refractivity contribution in [2.75, 3.05) is 7.11 Å². The lowest BCUT2D eigenvalue weighted by Gasteiger charge is -2.10. The van der Waals surface area contributed by atoms with E-state index >= 15 is 0 Å². The zero-order valence-electron chi connectivity index (χ0n) is 15.2. The second-order valence-corrected chi connectivity index (χ2v) is 6.88. The van der Waals surface area contributed by atoms with Crippen LogP contribution in [0.2, 0.25) is 0 Å². The second kappa shape index (κ2) is 8.62. The Morgan fingerprint density at radius 2 is 1.96 bits per heavy atom. The minimum Gasteiger partial charge on any atom is -0.497 e. The molecule has 1 atom stereocenters. The third-order valence-electron chi connectivity index (χ3n) is 3.75. The first kappa shape index (κ1) is 19.5. The highest BCUT2D eigenvalue weighted by atomic mass is 32.2. The van der Waals surface area contributed by atoms with Crippen molar-refractivity contribution in [1.29, 1.82) is 0 Å². The Labute approximate surface area is 166 Å². The molecule has 2 N–H and O–H groups in total. The summed E-state index contributed by atoms with van der Waals surface area (Å²) in [6.07, 6.45) is 0.737. The highest BCUT2D eigenvalue weighted by Crippen LogP contribution is 2.29. The summed E-state index contributed by atoms with van der Waals surface area (Å²) in [7, 11) is 1.58. The van der Waals surface area contributed by atoms with E-state index in [1.165, 1.54) is 18.7 Å². The number of carboxylic acids is 1. The molecule has 0 aliphatic carbocycles. The molecule has 1 aliphatic heterocycles. The lowest BCUT2D eigenvalue weighted by atomic mass is 10.2. The summed E-state index contributed by atoms with van der Waals surface area (Å²) < 4.78 is 10.5. The number of hydrogen-bond acceptors (Lipinski definition) is 6. The normalized spacial score (nSPS) is 17.4. The Bertz CT molecular complexity index is 971. The van der Waals surface area contributed by atoms with Crippen molar-refractivity contribution >= 4 is 40.6 Å². The van der Waals surface area contributed by atoms with Crippen LogP contribution in [0.5, 0.6) is 11.5 Å². The predicted octanol–water partition coefficient (Wildman–Crippen LogP) is 3.44. The highest BCUT2D eigenvalue weighted by Gasteiger charge is 2.24. The highest BCUT2D eigenvalue weighted by molar-refractivity contribution is 8.18. The third-order valence-corrected chi connectivity index (χ3v) is 4.66. The van der Waals surface area contributed by atoms with E-state index in [1.807, 2.05) is 18.2 Å². The molecule has 1 amide bonds. The van der Waals surface area contributed by atoms with Crippen molar-refractivity contribution in [3.63, 3.8) is 0 Å². The number of nitrogens with zero attached hydrogens (tertiary/aromatic N) is 1. The van der Waals surface area contributed by atoms with Gasteiger partial charge in [0.15, 0.2) is 11.3 Å². The van der Waals surface area contributed by atoms with E-state index in [9.17, 15) is 9.59 Å². The van der Waals surface area contributed by atoms with Gasteiger partial charge in [-0.15, -0.1) is 0 Å². The van der Waals surface area contributed by atoms with Gasteiger partial charge >= 0.3 is 5.97 Å². The molecular formula is C20H18N2O5S. The summed E-state index contributed by atoms with van der Waals surface area (Å²) in [5.74, 6) is -0.206. The van der Waals surface area contributed by atoms with Crippen LogP contribution in [-0.4, -0.2) is 35.4 Å². The maximum Gasteiger partial charge on any atom is 0.344 e. The van der Waals surface area contributed by atoms with Gasteiger partial charge < -0.3 is 19.9 Å². The summed E-state index contributed by atoms with van der Waals surface area (Å²) in [6.45, 7) is 1.45. The maximum atomic E-state index is 12.2. The Hall–Kier alpha value is -3.26. The second-order valence-electron chi connectivity index (χ2n) is 5.85. The van der Waals surface area contributed by atoms with Gasteiger partial charge in [-0.05, 0) is 54.6 Å². The number of aliphatic carboxylic acids is 1. The first-order valence-electron chi connectivity index (χ1n) is 8.38. The molecule has 144 valence electrons. The number of benzene rings is 2. The monoisotopic (exact) mass is 398 g/mol. The van der Waals surface area contributed by atoms with Gasteiger partial charge in [-0.1, -0.05) is 18.2 Å². The number of carbonyl (C=O) groups excluding carboxylic acids is 1. The quantitative estimate of drug-likeness (QED) is 0.724. The number of carboxylic acid groups (broad SMARTS) is 1. The third kappa shape index (κ3) is 4.92. The topological polar surface area (TPSA) is 97.2 Å². The van der Waals surface area contributed by atoms with E-state index in [0.717, 1.165) is 5.56 Å². The van der Waals surface area contributed by atoms with Crippen molar-refractivity contribution in [2.24, 2.45) is 4.99 Å². The van der Waals surface area contributed by atoms with Gasteiger partial charge in [0, 0.05) is 6.07 Å². The SMILES string of the molecule is COc1cccc(N=C2NC(=O)/C(=C\c3cccc(OC(C)C(=O)O)c3)S2)c1. The van der Waals surface area contributed by atoms with Crippen molar-refractivity contribution in [3.8, 4) is 11.5 Å². The average molecular weight is 398 g/mol. The Kier molecular flexibility index (Phi) is 6.00. The molecule has 28 heavy (non-hydrogen) atoms. The fraction of sp³-hybridized carbons (Fsp3) is 0.150. The van der Waals surface area contributed by atoms with E-state index in [-0.39, 0.29) is 5.91 Å². The zero-order valence-corrected chi connectivity index (χ0v) is 16.0. The number of thioether (sulfide) groups is 1. The Balaban J connectivity index is 1.77. The van der Waals surface area contributed by atoms with Crippen LogP contribution in [0, 0.1) is 0 Å². The van der Waals surface area contributed by atoms with Crippen LogP contribution in [0.3, 0.4) is 0 Å². The van der Waals surface area contributed by atoms with Crippen molar-refractivity contribution in [1.82, 2.24) is 5.32 Å². The van der Waals surface area contributed by atoms with Crippen LogP contribution in [0.4, 0.5) is 5.69 Å². The molecule has 0 bridgehead atoms. The molecule has 2 aromatic rings. The number of nitrogens with one attached hydrogen (secondary N) is 1. The molecule has 0 radical (unpaired) electrons. The number of hydrogen-bond donors (Lipinski definition) is 2. The number of amidine groups is 1. The molecule has 1 saturated heterocycles. The summed E-state index contributed by atoms with van der Waals surface area (Å²) in [5, 5.41) is 12.1.